The molecule has 1 rings (SSSR count). The van der Waals surface area contributed by atoms with Crippen molar-refractivity contribution < 1.29 is 18.3 Å². The first kappa shape index (κ1) is 12.7. The van der Waals surface area contributed by atoms with Crippen molar-refractivity contribution in [3.05, 3.63) is 18.1 Å². The third kappa shape index (κ3) is 3.65. The van der Waals surface area contributed by atoms with E-state index < -0.39 is 12.7 Å². The molecule has 0 aromatic carbocycles. The Bertz CT molecular complexity index is 343. The fourth-order valence-corrected chi connectivity index (χ4v) is 1.19. The van der Waals surface area contributed by atoms with Crippen LogP contribution in [0.15, 0.2) is 12.4 Å². The van der Waals surface area contributed by atoms with E-state index >= 15 is 0 Å². The van der Waals surface area contributed by atoms with Gasteiger partial charge >= 0.3 is 6.18 Å². The summed E-state index contributed by atoms with van der Waals surface area (Å²) in [5.74, 6) is 0.117. The maximum Gasteiger partial charge on any atom is 0.405 e. The topological polar surface area (TPSA) is 49.2 Å². The van der Waals surface area contributed by atoms with Crippen LogP contribution >= 0.6 is 0 Å². The number of aliphatic hydroxyl groups excluding tert-OH is 1. The van der Waals surface area contributed by atoms with Gasteiger partial charge in [0, 0.05) is 6.54 Å². The lowest BCUT2D eigenvalue weighted by Crippen LogP contribution is -2.34. The average molecular weight is 235 g/mol. The van der Waals surface area contributed by atoms with Crippen LogP contribution < -0.4 is 4.90 Å². The number of hydrogen-bond donors (Lipinski definition) is 1. The molecule has 0 aliphatic heterocycles. The van der Waals surface area contributed by atoms with Crippen molar-refractivity contribution in [2.24, 2.45) is 0 Å². The Kier molecular flexibility index (Phi) is 4.05. The quantitative estimate of drug-likeness (QED) is 0.856. The highest BCUT2D eigenvalue weighted by atomic mass is 19.4. The number of alkyl halides is 3. The van der Waals surface area contributed by atoms with E-state index in [0.29, 0.717) is 0 Å². The van der Waals surface area contributed by atoms with Gasteiger partial charge in [0.25, 0.3) is 0 Å². The number of anilines is 1. The van der Waals surface area contributed by atoms with Crippen molar-refractivity contribution in [2.45, 2.75) is 19.7 Å². The van der Waals surface area contributed by atoms with Crippen molar-refractivity contribution in [1.29, 1.82) is 0 Å². The van der Waals surface area contributed by atoms with E-state index in [4.69, 9.17) is 5.11 Å². The zero-order valence-corrected chi connectivity index (χ0v) is 8.70. The Morgan fingerprint density at radius 3 is 2.56 bits per heavy atom. The molecule has 1 aromatic rings. The van der Waals surface area contributed by atoms with Gasteiger partial charge in [-0.2, -0.15) is 13.2 Å². The number of nitrogens with zero attached hydrogens (tertiary/aromatic N) is 3. The molecule has 0 aliphatic rings. The summed E-state index contributed by atoms with van der Waals surface area (Å²) < 4.78 is 36.7. The van der Waals surface area contributed by atoms with Gasteiger partial charge in [-0.25, -0.2) is 4.98 Å². The summed E-state index contributed by atoms with van der Waals surface area (Å²) in [6.07, 6.45) is -1.73. The normalized spacial score (nSPS) is 11.6. The number of aromatic nitrogens is 2. The number of rotatable bonds is 4. The molecule has 0 saturated carbocycles. The Labute approximate surface area is 90.7 Å². The highest BCUT2D eigenvalue weighted by Crippen LogP contribution is 2.20. The first-order valence-corrected chi connectivity index (χ1v) is 4.69. The summed E-state index contributed by atoms with van der Waals surface area (Å²) in [6.45, 7) is 0.347. The monoisotopic (exact) mass is 235 g/mol. The molecule has 16 heavy (non-hydrogen) atoms. The lowest BCUT2D eigenvalue weighted by molar-refractivity contribution is -0.119. The molecule has 1 aromatic heterocycles. The number of hydrogen-bond acceptors (Lipinski definition) is 4. The van der Waals surface area contributed by atoms with Crippen LogP contribution in [0.2, 0.25) is 0 Å². The molecule has 0 bridgehead atoms. The van der Waals surface area contributed by atoms with Crippen LogP contribution in [0.1, 0.15) is 12.6 Å². The second kappa shape index (κ2) is 5.11. The molecule has 1 N–H and O–H groups in total. The molecule has 1 heterocycles. The predicted octanol–water partition coefficient (Wildman–Crippen LogP) is 1.36. The minimum atomic E-state index is -4.28. The Morgan fingerprint density at radius 2 is 2.06 bits per heavy atom. The third-order valence-electron chi connectivity index (χ3n) is 1.91. The van der Waals surface area contributed by atoms with E-state index in [1.165, 1.54) is 12.4 Å². The highest BCUT2D eigenvalue weighted by molar-refractivity contribution is 5.36. The fraction of sp³-hybridized carbons (Fsp3) is 0.556. The largest absolute Gasteiger partial charge is 0.405 e. The van der Waals surface area contributed by atoms with E-state index in [0.717, 1.165) is 4.90 Å². The smallest absolute Gasteiger partial charge is 0.390 e. The first-order valence-electron chi connectivity index (χ1n) is 4.69. The van der Waals surface area contributed by atoms with Gasteiger partial charge in [0.15, 0.2) is 0 Å². The summed E-state index contributed by atoms with van der Waals surface area (Å²) in [7, 11) is 0. The number of halogens is 3. The molecule has 0 atom stereocenters. The zero-order valence-electron chi connectivity index (χ0n) is 8.70. The molecule has 0 radical (unpaired) electrons. The van der Waals surface area contributed by atoms with Crippen LogP contribution in [0.4, 0.5) is 19.0 Å². The third-order valence-corrected chi connectivity index (χ3v) is 1.91. The Hall–Kier alpha value is -1.37. The highest BCUT2D eigenvalue weighted by Gasteiger charge is 2.30. The zero-order chi connectivity index (χ0) is 12.2. The van der Waals surface area contributed by atoms with Crippen molar-refractivity contribution in [2.75, 3.05) is 18.0 Å². The summed E-state index contributed by atoms with van der Waals surface area (Å²) >= 11 is 0. The minimum Gasteiger partial charge on any atom is -0.390 e. The molecular formula is C9H12F3N3O. The van der Waals surface area contributed by atoms with Gasteiger partial charge in [0.2, 0.25) is 0 Å². The lowest BCUT2D eigenvalue weighted by atomic mass is 10.4. The Balaban J connectivity index is 2.86. The predicted molar refractivity (Wildman–Crippen MR) is 51.9 cm³/mol. The Morgan fingerprint density at radius 1 is 1.38 bits per heavy atom. The minimum absolute atomic E-state index is 0.117. The van der Waals surface area contributed by atoms with Gasteiger partial charge in [-0.15, -0.1) is 0 Å². The summed E-state index contributed by atoms with van der Waals surface area (Å²) in [6, 6.07) is 0. The SMILES string of the molecule is CCN(CC(F)(F)F)c1cncc(CO)n1. The second-order valence-corrected chi connectivity index (χ2v) is 3.16. The molecule has 0 aliphatic carbocycles. The van der Waals surface area contributed by atoms with Gasteiger partial charge in [0.1, 0.15) is 12.4 Å². The van der Waals surface area contributed by atoms with Crippen molar-refractivity contribution in [1.82, 2.24) is 9.97 Å². The van der Waals surface area contributed by atoms with Gasteiger partial charge < -0.3 is 10.0 Å². The first-order chi connectivity index (χ1) is 7.46. The summed E-state index contributed by atoms with van der Waals surface area (Å²) in [4.78, 5) is 8.63. The van der Waals surface area contributed by atoms with Crippen LogP contribution in [0.3, 0.4) is 0 Å². The molecular weight excluding hydrogens is 223 g/mol. The van der Waals surface area contributed by atoms with E-state index in [9.17, 15) is 13.2 Å². The molecule has 90 valence electrons. The summed E-state index contributed by atoms with van der Waals surface area (Å²) in [5, 5.41) is 8.81. The van der Waals surface area contributed by atoms with E-state index in [2.05, 4.69) is 9.97 Å². The molecule has 0 unspecified atom stereocenters. The standard InChI is InChI=1S/C9H12F3N3O/c1-2-15(6-9(10,11)12)8-4-13-3-7(5-16)14-8/h3-4,16H,2,5-6H2,1H3. The number of aliphatic hydroxyl groups is 1. The van der Waals surface area contributed by atoms with Crippen LogP contribution in [0.25, 0.3) is 0 Å². The summed E-state index contributed by atoms with van der Waals surface area (Å²) in [5.41, 5.74) is 0.248. The van der Waals surface area contributed by atoms with Crippen LogP contribution in [-0.2, 0) is 6.61 Å². The fourth-order valence-electron chi connectivity index (χ4n) is 1.19. The van der Waals surface area contributed by atoms with Crippen molar-refractivity contribution in [3.63, 3.8) is 0 Å². The molecule has 0 saturated heterocycles. The van der Waals surface area contributed by atoms with Gasteiger partial charge in [-0.1, -0.05) is 0 Å². The van der Waals surface area contributed by atoms with Crippen LogP contribution in [-0.4, -0.2) is 34.3 Å². The lowest BCUT2D eigenvalue weighted by Gasteiger charge is -2.23. The second-order valence-electron chi connectivity index (χ2n) is 3.16. The van der Waals surface area contributed by atoms with E-state index in [1.54, 1.807) is 6.92 Å². The van der Waals surface area contributed by atoms with Gasteiger partial charge in [0.05, 0.1) is 24.7 Å². The van der Waals surface area contributed by atoms with E-state index in [1.807, 2.05) is 0 Å². The molecule has 0 spiro atoms. The van der Waals surface area contributed by atoms with Crippen molar-refractivity contribution >= 4 is 5.82 Å². The van der Waals surface area contributed by atoms with Crippen molar-refractivity contribution in [3.8, 4) is 0 Å². The van der Waals surface area contributed by atoms with Gasteiger partial charge in [-0.3, -0.25) is 4.98 Å². The maximum absolute atomic E-state index is 12.2. The molecule has 7 heteroatoms. The average Bonchev–Trinajstić information content (AvgIpc) is 2.25. The van der Waals surface area contributed by atoms with Crippen LogP contribution in [0.5, 0.6) is 0 Å². The molecule has 0 fully saturated rings. The molecule has 0 amide bonds. The van der Waals surface area contributed by atoms with E-state index in [-0.39, 0.29) is 24.7 Å². The molecule has 4 nitrogen and oxygen atoms in total. The van der Waals surface area contributed by atoms with Crippen LogP contribution in [0, 0.1) is 0 Å². The van der Waals surface area contributed by atoms with Gasteiger partial charge in [-0.05, 0) is 6.92 Å². The maximum atomic E-state index is 12.2.